The van der Waals surface area contributed by atoms with E-state index in [0.717, 1.165) is 0 Å². The lowest BCUT2D eigenvalue weighted by molar-refractivity contribution is -0.531. The van der Waals surface area contributed by atoms with Gasteiger partial charge in [-0.15, -0.1) is 0 Å². The van der Waals surface area contributed by atoms with Crippen molar-refractivity contribution >= 4 is 11.6 Å². The Hall–Kier alpha value is -1.13. The summed E-state index contributed by atoms with van der Waals surface area (Å²) in [5.41, 5.74) is 0.460. The van der Waals surface area contributed by atoms with Crippen LogP contribution in [-0.4, -0.2) is 16.1 Å². The van der Waals surface area contributed by atoms with Gasteiger partial charge in [-0.3, -0.25) is 10.1 Å². The molecular formula is C9H10ClNO3. The van der Waals surface area contributed by atoms with Gasteiger partial charge in [-0.05, 0) is 17.7 Å². The van der Waals surface area contributed by atoms with Crippen LogP contribution in [0.2, 0.25) is 5.02 Å². The largest absolute Gasteiger partial charge is 0.381 e. The van der Waals surface area contributed by atoms with Crippen LogP contribution in [0.4, 0.5) is 0 Å². The molecule has 0 radical (unpaired) electrons. The minimum atomic E-state index is -1.12. The maximum Gasteiger partial charge on any atom is 0.239 e. The van der Waals surface area contributed by atoms with Crippen LogP contribution in [0.1, 0.15) is 18.6 Å². The maximum absolute atomic E-state index is 10.4. The first kappa shape index (κ1) is 10.9. The van der Waals surface area contributed by atoms with Crippen molar-refractivity contribution in [3.05, 3.63) is 45.0 Å². The van der Waals surface area contributed by atoms with Gasteiger partial charge in [0.15, 0.2) is 0 Å². The van der Waals surface area contributed by atoms with Crippen molar-refractivity contribution in [2.24, 2.45) is 0 Å². The first-order valence-electron chi connectivity index (χ1n) is 4.09. The average molecular weight is 216 g/mol. The molecule has 0 fully saturated rings. The molecule has 0 bridgehead atoms. The van der Waals surface area contributed by atoms with Crippen LogP contribution in [0.5, 0.6) is 0 Å². The fraction of sp³-hybridized carbons (Fsp3) is 0.333. The molecule has 2 atom stereocenters. The van der Waals surface area contributed by atoms with E-state index >= 15 is 0 Å². The second-order valence-corrected chi connectivity index (χ2v) is 3.46. The molecule has 0 saturated carbocycles. The molecule has 5 heteroatoms. The van der Waals surface area contributed by atoms with E-state index in [0.29, 0.717) is 10.6 Å². The lowest BCUT2D eigenvalue weighted by atomic mass is 10.0. The SMILES string of the molecule is C[C@H]([C@H](O)c1cccc(Cl)c1)[N+](=O)[O-]. The van der Waals surface area contributed by atoms with E-state index in [1.807, 2.05) is 0 Å². The third-order valence-corrected chi connectivity index (χ3v) is 2.21. The predicted molar refractivity (Wildman–Crippen MR) is 52.9 cm³/mol. The quantitative estimate of drug-likeness (QED) is 0.620. The molecular weight excluding hydrogens is 206 g/mol. The van der Waals surface area contributed by atoms with Crippen LogP contribution < -0.4 is 0 Å². The van der Waals surface area contributed by atoms with Crippen LogP contribution in [0.3, 0.4) is 0 Å². The van der Waals surface area contributed by atoms with Crippen LogP contribution >= 0.6 is 11.6 Å². The Morgan fingerprint density at radius 1 is 1.57 bits per heavy atom. The molecule has 0 heterocycles. The topological polar surface area (TPSA) is 63.4 Å². The Morgan fingerprint density at radius 2 is 2.21 bits per heavy atom. The lowest BCUT2D eigenvalue weighted by Crippen LogP contribution is -2.23. The molecule has 14 heavy (non-hydrogen) atoms. The van der Waals surface area contributed by atoms with E-state index in [9.17, 15) is 15.2 Å². The number of aliphatic hydroxyl groups is 1. The molecule has 0 saturated heterocycles. The first-order valence-corrected chi connectivity index (χ1v) is 4.47. The number of nitrogens with zero attached hydrogens (tertiary/aromatic N) is 1. The molecule has 0 aliphatic carbocycles. The molecule has 1 aromatic carbocycles. The van der Waals surface area contributed by atoms with Gasteiger partial charge in [0.25, 0.3) is 0 Å². The second-order valence-electron chi connectivity index (χ2n) is 3.03. The van der Waals surface area contributed by atoms with Gasteiger partial charge < -0.3 is 5.11 Å². The van der Waals surface area contributed by atoms with Crippen molar-refractivity contribution in [2.45, 2.75) is 19.1 Å². The zero-order chi connectivity index (χ0) is 10.7. The van der Waals surface area contributed by atoms with E-state index in [1.165, 1.54) is 13.0 Å². The maximum atomic E-state index is 10.4. The van der Waals surface area contributed by atoms with Crippen molar-refractivity contribution in [2.75, 3.05) is 0 Å². The fourth-order valence-corrected chi connectivity index (χ4v) is 1.28. The number of aliphatic hydroxyl groups excluding tert-OH is 1. The van der Waals surface area contributed by atoms with Crippen molar-refractivity contribution in [1.29, 1.82) is 0 Å². The summed E-state index contributed by atoms with van der Waals surface area (Å²) < 4.78 is 0. The van der Waals surface area contributed by atoms with Crippen molar-refractivity contribution in [3.8, 4) is 0 Å². The number of nitro groups is 1. The average Bonchev–Trinajstić information content (AvgIpc) is 2.15. The molecule has 1 rings (SSSR count). The van der Waals surface area contributed by atoms with Crippen molar-refractivity contribution in [3.63, 3.8) is 0 Å². The third kappa shape index (κ3) is 2.43. The molecule has 1 aromatic rings. The molecule has 76 valence electrons. The Kier molecular flexibility index (Phi) is 3.43. The minimum absolute atomic E-state index is 0.456. The van der Waals surface area contributed by atoms with Crippen molar-refractivity contribution in [1.82, 2.24) is 0 Å². The van der Waals surface area contributed by atoms with Crippen LogP contribution in [0.25, 0.3) is 0 Å². The normalized spacial score (nSPS) is 14.8. The highest BCUT2D eigenvalue weighted by Crippen LogP contribution is 2.21. The number of halogens is 1. The summed E-state index contributed by atoms with van der Waals surface area (Å²) >= 11 is 5.69. The van der Waals surface area contributed by atoms with E-state index in [2.05, 4.69) is 0 Å². The van der Waals surface area contributed by atoms with E-state index in [4.69, 9.17) is 11.6 Å². The van der Waals surface area contributed by atoms with Gasteiger partial charge in [-0.1, -0.05) is 23.7 Å². The monoisotopic (exact) mass is 215 g/mol. The summed E-state index contributed by atoms with van der Waals surface area (Å²) in [6, 6.07) is 5.39. The van der Waals surface area contributed by atoms with E-state index in [1.54, 1.807) is 18.2 Å². The summed E-state index contributed by atoms with van der Waals surface area (Å²) in [7, 11) is 0. The highest BCUT2D eigenvalue weighted by atomic mass is 35.5. The Morgan fingerprint density at radius 3 is 2.71 bits per heavy atom. The van der Waals surface area contributed by atoms with E-state index < -0.39 is 17.1 Å². The summed E-state index contributed by atoms with van der Waals surface area (Å²) in [5, 5.41) is 20.5. The van der Waals surface area contributed by atoms with Crippen LogP contribution in [-0.2, 0) is 0 Å². The Balaban J connectivity index is 2.89. The number of hydrogen-bond acceptors (Lipinski definition) is 3. The predicted octanol–water partition coefficient (Wildman–Crippen LogP) is 2.04. The van der Waals surface area contributed by atoms with Crippen LogP contribution in [0, 0.1) is 10.1 Å². The van der Waals surface area contributed by atoms with Crippen LogP contribution in [0.15, 0.2) is 24.3 Å². The fourth-order valence-electron chi connectivity index (χ4n) is 1.08. The molecule has 0 amide bonds. The van der Waals surface area contributed by atoms with E-state index in [-0.39, 0.29) is 0 Å². The first-order chi connectivity index (χ1) is 6.52. The molecule has 0 aliphatic heterocycles. The Bertz CT molecular complexity index is 343. The molecule has 0 aliphatic rings. The highest BCUT2D eigenvalue weighted by molar-refractivity contribution is 6.30. The highest BCUT2D eigenvalue weighted by Gasteiger charge is 2.25. The molecule has 4 nitrogen and oxygen atoms in total. The number of benzene rings is 1. The lowest BCUT2D eigenvalue weighted by Gasteiger charge is -2.12. The van der Waals surface area contributed by atoms with Gasteiger partial charge in [0.1, 0.15) is 6.10 Å². The molecule has 1 N–H and O–H groups in total. The smallest absolute Gasteiger partial charge is 0.239 e. The zero-order valence-electron chi connectivity index (χ0n) is 7.55. The summed E-state index contributed by atoms with van der Waals surface area (Å²) in [5.74, 6) is 0. The second kappa shape index (κ2) is 4.39. The third-order valence-electron chi connectivity index (χ3n) is 1.98. The number of rotatable bonds is 3. The standard InChI is InChI=1S/C9H10ClNO3/c1-6(11(13)14)9(12)7-3-2-4-8(10)5-7/h2-6,9,12H,1H3/t6-,9+/m1/s1. The minimum Gasteiger partial charge on any atom is -0.381 e. The molecule has 0 aromatic heterocycles. The zero-order valence-corrected chi connectivity index (χ0v) is 8.31. The molecule has 0 unspecified atom stereocenters. The summed E-state index contributed by atoms with van der Waals surface area (Å²) in [6.45, 7) is 1.35. The van der Waals surface area contributed by atoms with Gasteiger partial charge in [0.05, 0.1) is 0 Å². The molecule has 0 spiro atoms. The van der Waals surface area contributed by atoms with Gasteiger partial charge >= 0.3 is 0 Å². The summed E-state index contributed by atoms with van der Waals surface area (Å²) in [6.07, 6.45) is -1.12. The Labute approximate surface area is 86.3 Å². The van der Waals surface area contributed by atoms with Gasteiger partial charge in [0, 0.05) is 16.9 Å². The summed E-state index contributed by atoms with van der Waals surface area (Å²) in [4.78, 5) is 9.89. The van der Waals surface area contributed by atoms with Gasteiger partial charge in [-0.2, -0.15) is 0 Å². The van der Waals surface area contributed by atoms with Crippen molar-refractivity contribution < 1.29 is 10.0 Å². The number of hydrogen-bond donors (Lipinski definition) is 1. The van der Waals surface area contributed by atoms with Gasteiger partial charge in [-0.25, -0.2) is 0 Å². The van der Waals surface area contributed by atoms with Gasteiger partial charge in [0.2, 0.25) is 6.04 Å².